The average Bonchev–Trinajstić information content (AvgIpc) is 3.16. The normalized spacial score (nSPS) is 16.7. The van der Waals surface area contributed by atoms with Crippen LogP contribution in [0.1, 0.15) is 23.8 Å². The first kappa shape index (κ1) is 17.9. The van der Waals surface area contributed by atoms with Gasteiger partial charge in [-0.05, 0) is 23.6 Å². The summed E-state index contributed by atoms with van der Waals surface area (Å²) >= 11 is 1.43. The third-order valence-corrected chi connectivity index (χ3v) is 4.88. The SMILES string of the molecule is COC(=O)C[C@H](NC(=O)C[C@@H]1Oc2ccccc2NC1=O)c1cccs1. The van der Waals surface area contributed by atoms with Crippen LogP contribution in [0.3, 0.4) is 0 Å². The standard InChI is InChI=1S/C18H18N2O5S/c1-24-17(22)9-12(15-7-4-8-26-15)19-16(21)10-14-18(23)20-11-5-2-3-6-13(11)25-14/h2-8,12,14H,9-10H2,1H3,(H,19,21)(H,20,23)/t12-,14-/m0/s1. The fraction of sp³-hybridized carbons (Fsp3) is 0.278. The number of thiophene rings is 1. The van der Waals surface area contributed by atoms with Gasteiger partial charge in [0, 0.05) is 4.88 Å². The molecule has 7 nitrogen and oxygen atoms in total. The van der Waals surface area contributed by atoms with Crippen LogP contribution in [0.25, 0.3) is 0 Å². The van der Waals surface area contributed by atoms with Crippen LogP contribution in [0.2, 0.25) is 0 Å². The fourth-order valence-corrected chi connectivity index (χ4v) is 3.39. The van der Waals surface area contributed by atoms with Gasteiger partial charge in [0.25, 0.3) is 5.91 Å². The second kappa shape index (κ2) is 8.01. The van der Waals surface area contributed by atoms with Crippen LogP contribution in [-0.4, -0.2) is 31.0 Å². The van der Waals surface area contributed by atoms with Gasteiger partial charge in [0.2, 0.25) is 5.91 Å². The summed E-state index contributed by atoms with van der Waals surface area (Å²) in [4.78, 5) is 37.0. The van der Waals surface area contributed by atoms with Crippen LogP contribution in [0, 0.1) is 0 Å². The van der Waals surface area contributed by atoms with Crippen LogP contribution in [0.5, 0.6) is 5.75 Å². The van der Waals surface area contributed by atoms with E-state index in [2.05, 4.69) is 10.6 Å². The van der Waals surface area contributed by atoms with E-state index in [4.69, 9.17) is 9.47 Å². The third-order valence-electron chi connectivity index (χ3n) is 3.90. The van der Waals surface area contributed by atoms with Crippen molar-refractivity contribution in [3.05, 3.63) is 46.7 Å². The molecule has 0 aliphatic carbocycles. The van der Waals surface area contributed by atoms with Crippen molar-refractivity contribution < 1.29 is 23.9 Å². The Morgan fingerprint density at radius 3 is 2.85 bits per heavy atom. The maximum atomic E-state index is 12.4. The molecular formula is C18H18N2O5S. The summed E-state index contributed by atoms with van der Waals surface area (Å²) in [6, 6.07) is 10.2. The summed E-state index contributed by atoms with van der Waals surface area (Å²) < 4.78 is 10.3. The first-order valence-corrected chi connectivity index (χ1v) is 8.91. The molecule has 136 valence electrons. The molecule has 1 aliphatic rings. The molecule has 1 aromatic heterocycles. The van der Waals surface area contributed by atoms with Crippen molar-refractivity contribution in [2.45, 2.75) is 25.0 Å². The van der Waals surface area contributed by atoms with Gasteiger partial charge in [-0.2, -0.15) is 0 Å². The lowest BCUT2D eigenvalue weighted by atomic mass is 10.1. The van der Waals surface area contributed by atoms with Crippen LogP contribution in [0.4, 0.5) is 5.69 Å². The lowest BCUT2D eigenvalue weighted by Crippen LogP contribution is -2.41. The number of rotatable bonds is 6. The summed E-state index contributed by atoms with van der Waals surface area (Å²) in [5.74, 6) is -0.662. The second-order valence-electron chi connectivity index (χ2n) is 5.71. The molecule has 0 radical (unpaired) electrons. The van der Waals surface area contributed by atoms with Crippen LogP contribution in [0.15, 0.2) is 41.8 Å². The minimum atomic E-state index is -0.924. The molecule has 2 aromatic rings. The number of carbonyl (C=O) groups excluding carboxylic acids is 3. The monoisotopic (exact) mass is 374 g/mol. The van der Waals surface area contributed by atoms with E-state index in [1.807, 2.05) is 17.5 Å². The van der Waals surface area contributed by atoms with Crippen LogP contribution < -0.4 is 15.4 Å². The number of benzene rings is 1. The van der Waals surface area contributed by atoms with Gasteiger partial charge >= 0.3 is 5.97 Å². The number of hydrogen-bond donors (Lipinski definition) is 2. The molecule has 8 heteroatoms. The van der Waals surface area contributed by atoms with Crippen molar-refractivity contribution in [2.24, 2.45) is 0 Å². The van der Waals surface area contributed by atoms with Crippen molar-refractivity contribution in [2.75, 3.05) is 12.4 Å². The van der Waals surface area contributed by atoms with E-state index >= 15 is 0 Å². The second-order valence-corrected chi connectivity index (χ2v) is 6.69. The van der Waals surface area contributed by atoms with E-state index in [0.717, 1.165) is 4.88 Å². The minimum Gasteiger partial charge on any atom is -0.478 e. The smallest absolute Gasteiger partial charge is 0.307 e. The molecule has 0 saturated carbocycles. The number of anilines is 1. The Morgan fingerprint density at radius 2 is 2.12 bits per heavy atom. The zero-order valence-electron chi connectivity index (χ0n) is 14.1. The summed E-state index contributed by atoms with van der Waals surface area (Å²) in [5, 5.41) is 7.37. The maximum absolute atomic E-state index is 12.4. The van der Waals surface area contributed by atoms with Crippen molar-refractivity contribution in [1.29, 1.82) is 0 Å². The van der Waals surface area contributed by atoms with Gasteiger partial charge in [0.1, 0.15) is 5.75 Å². The number of esters is 1. The number of hydrogen-bond acceptors (Lipinski definition) is 6. The lowest BCUT2D eigenvalue weighted by Gasteiger charge is -2.26. The van der Waals surface area contributed by atoms with Gasteiger partial charge in [-0.15, -0.1) is 11.3 Å². The number of fused-ring (bicyclic) bond motifs is 1. The summed E-state index contributed by atoms with van der Waals surface area (Å²) in [6.45, 7) is 0. The average molecular weight is 374 g/mol. The van der Waals surface area contributed by atoms with Gasteiger partial charge in [0.05, 0.1) is 31.7 Å². The molecular weight excluding hydrogens is 356 g/mol. The first-order valence-electron chi connectivity index (χ1n) is 8.03. The van der Waals surface area contributed by atoms with Crippen molar-refractivity contribution in [1.82, 2.24) is 5.32 Å². The third kappa shape index (κ3) is 4.20. The van der Waals surface area contributed by atoms with E-state index < -0.39 is 18.1 Å². The zero-order valence-corrected chi connectivity index (χ0v) is 14.9. The van der Waals surface area contributed by atoms with Gasteiger partial charge in [-0.25, -0.2) is 0 Å². The zero-order chi connectivity index (χ0) is 18.5. The topological polar surface area (TPSA) is 93.7 Å². The highest BCUT2D eigenvalue weighted by Crippen LogP contribution is 2.30. The Balaban J connectivity index is 1.65. The molecule has 0 bridgehead atoms. The van der Waals surface area contributed by atoms with E-state index in [-0.39, 0.29) is 24.7 Å². The van der Waals surface area contributed by atoms with Crippen molar-refractivity contribution in [3.63, 3.8) is 0 Å². The van der Waals surface area contributed by atoms with Crippen LogP contribution >= 0.6 is 11.3 Å². The van der Waals surface area contributed by atoms with E-state index in [9.17, 15) is 14.4 Å². The number of nitrogens with one attached hydrogen (secondary N) is 2. The fourth-order valence-electron chi connectivity index (χ4n) is 2.61. The van der Waals surface area contributed by atoms with Gasteiger partial charge in [-0.3, -0.25) is 14.4 Å². The molecule has 3 rings (SSSR count). The predicted molar refractivity (Wildman–Crippen MR) is 95.9 cm³/mol. The summed E-state index contributed by atoms with van der Waals surface area (Å²) in [5.41, 5.74) is 0.580. The number of methoxy groups -OCH3 is 1. The highest BCUT2D eigenvalue weighted by atomic mass is 32.1. The van der Waals surface area contributed by atoms with E-state index in [1.165, 1.54) is 18.4 Å². The Bertz CT molecular complexity index is 806. The van der Waals surface area contributed by atoms with Crippen molar-refractivity contribution in [3.8, 4) is 5.75 Å². The molecule has 2 N–H and O–H groups in total. The van der Waals surface area contributed by atoms with E-state index in [1.54, 1.807) is 24.3 Å². The quantitative estimate of drug-likeness (QED) is 0.757. The number of carbonyl (C=O) groups is 3. The van der Waals surface area contributed by atoms with Crippen molar-refractivity contribution >= 4 is 34.8 Å². The molecule has 2 amide bonds. The molecule has 1 aliphatic heterocycles. The number of ether oxygens (including phenoxy) is 2. The molecule has 0 unspecified atom stereocenters. The minimum absolute atomic E-state index is 0.0172. The van der Waals surface area contributed by atoms with Gasteiger partial charge < -0.3 is 20.1 Å². The highest BCUT2D eigenvalue weighted by molar-refractivity contribution is 7.10. The molecule has 1 aromatic carbocycles. The van der Waals surface area contributed by atoms with Gasteiger partial charge in [0.15, 0.2) is 6.10 Å². The Labute approximate surface area is 154 Å². The number of amides is 2. The highest BCUT2D eigenvalue weighted by Gasteiger charge is 2.30. The maximum Gasteiger partial charge on any atom is 0.307 e. The molecule has 0 saturated heterocycles. The Morgan fingerprint density at radius 1 is 1.31 bits per heavy atom. The predicted octanol–water partition coefficient (Wildman–Crippen LogP) is 2.26. The molecule has 2 atom stereocenters. The Hall–Kier alpha value is -2.87. The van der Waals surface area contributed by atoms with Gasteiger partial charge in [-0.1, -0.05) is 18.2 Å². The van der Waals surface area contributed by atoms with Crippen LogP contribution in [-0.2, 0) is 19.1 Å². The van der Waals surface area contributed by atoms with E-state index in [0.29, 0.717) is 11.4 Å². The lowest BCUT2D eigenvalue weighted by molar-refractivity contribution is -0.141. The first-order chi connectivity index (χ1) is 12.6. The molecule has 0 spiro atoms. The number of para-hydroxylation sites is 2. The molecule has 0 fully saturated rings. The molecule has 26 heavy (non-hydrogen) atoms. The summed E-state index contributed by atoms with van der Waals surface area (Å²) in [7, 11) is 1.30. The molecule has 2 heterocycles. The Kier molecular flexibility index (Phi) is 5.52. The summed E-state index contributed by atoms with van der Waals surface area (Å²) in [6.07, 6.45) is -1.06. The largest absolute Gasteiger partial charge is 0.478 e.